The fraction of sp³-hybridized carbons (Fsp3) is 0.263. The molecule has 1 atom stereocenters. The Labute approximate surface area is 156 Å². The van der Waals surface area contributed by atoms with Crippen molar-refractivity contribution in [1.29, 1.82) is 0 Å². The summed E-state index contributed by atoms with van der Waals surface area (Å²) in [6.07, 6.45) is 0.482. The van der Waals surface area contributed by atoms with Crippen molar-refractivity contribution in [3.05, 3.63) is 63.9 Å². The number of nitrogens with zero attached hydrogens (tertiary/aromatic N) is 3. The van der Waals surface area contributed by atoms with E-state index in [4.69, 9.17) is 28.2 Å². The number of carbonyl (C=O) groups is 1. The van der Waals surface area contributed by atoms with Crippen LogP contribution in [0.1, 0.15) is 23.7 Å². The van der Waals surface area contributed by atoms with Crippen LogP contribution in [0.4, 0.5) is 0 Å². The van der Waals surface area contributed by atoms with Crippen LogP contribution in [0.3, 0.4) is 0 Å². The first-order valence-electron chi connectivity index (χ1n) is 8.16. The van der Waals surface area contributed by atoms with E-state index < -0.39 is 0 Å². The average Bonchev–Trinajstić information content (AvgIpc) is 3.12. The lowest BCUT2D eigenvalue weighted by Gasteiger charge is -2.15. The van der Waals surface area contributed by atoms with Crippen molar-refractivity contribution in [1.82, 2.24) is 14.5 Å². The van der Waals surface area contributed by atoms with E-state index in [-0.39, 0.29) is 11.8 Å². The number of aromatic nitrogens is 2. The number of fused-ring (bicyclic) bond motifs is 1. The first-order valence-corrected chi connectivity index (χ1v) is 8.92. The quantitative estimate of drug-likeness (QED) is 0.684. The molecular weight excluding hydrogens is 357 g/mol. The standard InChI is InChI=1S/C19H17Cl2N3O/c1-23-10-12(9-18(23)25)19-22-16-7-2-3-8-17(16)24(19)11-13-14(20)5-4-6-15(13)21/h2-8,12H,9-11H2,1H3/t12-/m0/s1. The molecule has 1 aliphatic heterocycles. The van der Waals surface area contributed by atoms with Gasteiger partial charge in [-0.2, -0.15) is 0 Å². The van der Waals surface area contributed by atoms with E-state index in [1.165, 1.54) is 0 Å². The van der Waals surface area contributed by atoms with Crippen molar-refractivity contribution < 1.29 is 4.79 Å². The lowest BCUT2D eigenvalue weighted by molar-refractivity contribution is -0.126. The molecule has 4 nitrogen and oxygen atoms in total. The van der Waals surface area contributed by atoms with Crippen LogP contribution in [-0.4, -0.2) is 34.0 Å². The van der Waals surface area contributed by atoms with Gasteiger partial charge in [-0.15, -0.1) is 0 Å². The normalized spacial score (nSPS) is 17.6. The van der Waals surface area contributed by atoms with Crippen molar-refractivity contribution in [2.45, 2.75) is 18.9 Å². The van der Waals surface area contributed by atoms with Gasteiger partial charge in [0.2, 0.25) is 5.91 Å². The highest BCUT2D eigenvalue weighted by Crippen LogP contribution is 2.32. The number of amides is 1. The molecule has 4 rings (SSSR count). The molecule has 6 heteroatoms. The second kappa shape index (κ2) is 6.36. The molecule has 1 aromatic heterocycles. The topological polar surface area (TPSA) is 38.1 Å². The summed E-state index contributed by atoms with van der Waals surface area (Å²) in [7, 11) is 1.83. The summed E-state index contributed by atoms with van der Waals surface area (Å²) < 4.78 is 2.14. The van der Waals surface area contributed by atoms with Crippen LogP contribution in [0.2, 0.25) is 10.0 Å². The number of carbonyl (C=O) groups excluding carboxylic acids is 1. The number of likely N-dealkylation sites (tertiary alicyclic amines) is 1. The maximum absolute atomic E-state index is 12.0. The highest BCUT2D eigenvalue weighted by atomic mass is 35.5. The van der Waals surface area contributed by atoms with Gasteiger partial charge in [0.1, 0.15) is 5.82 Å². The lowest BCUT2D eigenvalue weighted by Crippen LogP contribution is -2.19. The van der Waals surface area contributed by atoms with Crippen LogP contribution in [0.25, 0.3) is 11.0 Å². The molecule has 1 aliphatic rings. The minimum Gasteiger partial charge on any atom is -0.345 e. The maximum atomic E-state index is 12.0. The van der Waals surface area contributed by atoms with Gasteiger partial charge < -0.3 is 9.47 Å². The highest BCUT2D eigenvalue weighted by molar-refractivity contribution is 6.36. The van der Waals surface area contributed by atoms with Gasteiger partial charge in [0.15, 0.2) is 0 Å². The summed E-state index contributed by atoms with van der Waals surface area (Å²) >= 11 is 12.8. The fourth-order valence-electron chi connectivity index (χ4n) is 3.45. The molecule has 0 radical (unpaired) electrons. The number of benzene rings is 2. The fourth-order valence-corrected chi connectivity index (χ4v) is 3.97. The van der Waals surface area contributed by atoms with E-state index >= 15 is 0 Å². The molecular formula is C19H17Cl2N3O. The SMILES string of the molecule is CN1C[C@@H](c2nc3ccccc3n2Cc2c(Cl)cccc2Cl)CC1=O. The Hall–Kier alpha value is -2.04. The molecule has 0 spiro atoms. The first-order chi connectivity index (χ1) is 12.0. The number of rotatable bonds is 3. The van der Waals surface area contributed by atoms with Gasteiger partial charge in [-0.05, 0) is 24.3 Å². The minimum atomic E-state index is 0.0752. The predicted octanol–water partition coefficient (Wildman–Crippen LogP) is 4.34. The molecule has 2 aromatic carbocycles. The molecule has 128 valence electrons. The zero-order chi connectivity index (χ0) is 17.6. The number of para-hydroxylation sites is 2. The Morgan fingerprint density at radius 2 is 1.84 bits per heavy atom. The summed E-state index contributed by atoms with van der Waals surface area (Å²) in [6, 6.07) is 13.5. The molecule has 1 amide bonds. The molecule has 3 aromatic rings. The van der Waals surface area contributed by atoms with Gasteiger partial charge in [0.25, 0.3) is 0 Å². The first kappa shape index (κ1) is 16.4. The zero-order valence-corrected chi connectivity index (χ0v) is 15.3. The third kappa shape index (κ3) is 2.90. The van der Waals surface area contributed by atoms with Gasteiger partial charge in [-0.3, -0.25) is 4.79 Å². The predicted molar refractivity (Wildman–Crippen MR) is 100 cm³/mol. The van der Waals surface area contributed by atoms with Crippen LogP contribution < -0.4 is 0 Å². The number of likely N-dealkylation sites (N-methyl/N-ethyl adjacent to an activating group) is 1. The summed E-state index contributed by atoms with van der Waals surface area (Å²) in [5, 5.41) is 1.27. The van der Waals surface area contributed by atoms with E-state index in [1.54, 1.807) is 4.90 Å². The van der Waals surface area contributed by atoms with E-state index in [2.05, 4.69) is 4.57 Å². The number of imidazole rings is 1. The Balaban J connectivity index is 1.84. The molecule has 0 saturated carbocycles. The van der Waals surface area contributed by atoms with Crippen molar-refractivity contribution in [3.8, 4) is 0 Å². The Morgan fingerprint density at radius 3 is 2.52 bits per heavy atom. The van der Waals surface area contributed by atoms with Crippen LogP contribution in [0, 0.1) is 0 Å². The van der Waals surface area contributed by atoms with E-state index in [0.29, 0.717) is 29.6 Å². The molecule has 2 heterocycles. The van der Waals surface area contributed by atoms with Gasteiger partial charge in [0, 0.05) is 41.5 Å². The second-order valence-electron chi connectivity index (χ2n) is 6.42. The smallest absolute Gasteiger partial charge is 0.223 e. The van der Waals surface area contributed by atoms with Crippen LogP contribution in [-0.2, 0) is 11.3 Å². The Morgan fingerprint density at radius 1 is 1.12 bits per heavy atom. The van der Waals surface area contributed by atoms with Crippen LogP contribution in [0.15, 0.2) is 42.5 Å². The molecule has 0 aliphatic carbocycles. The third-order valence-electron chi connectivity index (χ3n) is 4.77. The molecule has 25 heavy (non-hydrogen) atoms. The second-order valence-corrected chi connectivity index (χ2v) is 7.23. The van der Waals surface area contributed by atoms with Crippen molar-refractivity contribution in [3.63, 3.8) is 0 Å². The zero-order valence-electron chi connectivity index (χ0n) is 13.7. The number of hydrogen-bond donors (Lipinski definition) is 0. The highest BCUT2D eigenvalue weighted by Gasteiger charge is 2.32. The van der Waals surface area contributed by atoms with Gasteiger partial charge in [0.05, 0.1) is 17.6 Å². The van der Waals surface area contributed by atoms with Crippen LogP contribution >= 0.6 is 23.2 Å². The largest absolute Gasteiger partial charge is 0.345 e. The number of hydrogen-bond acceptors (Lipinski definition) is 2. The van der Waals surface area contributed by atoms with Crippen molar-refractivity contribution in [2.75, 3.05) is 13.6 Å². The molecule has 0 N–H and O–H groups in total. The molecule has 0 bridgehead atoms. The van der Waals surface area contributed by atoms with E-state index in [0.717, 1.165) is 22.4 Å². The van der Waals surface area contributed by atoms with E-state index in [1.807, 2.05) is 49.5 Å². The minimum absolute atomic E-state index is 0.0752. The van der Waals surface area contributed by atoms with Crippen molar-refractivity contribution in [2.24, 2.45) is 0 Å². The van der Waals surface area contributed by atoms with Crippen molar-refractivity contribution >= 4 is 40.1 Å². The molecule has 1 saturated heterocycles. The Bertz CT molecular complexity index is 946. The summed E-state index contributed by atoms with van der Waals surface area (Å²) in [5.74, 6) is 1.14. The molecule has 1 fully saturated rings. The van der Waals surface area contributed by atoms with Gasteiger partial charge in [-0.1, -0.05) is 41.4 Å². The maximum Gasteiger partial charge on any atom is 0.223 e. The average molecular weight is 374 g/mol. The Kier molecular flexibility index (Phi) is 4.18. The van der Waals surface area contributed by atoms with Crippen LogP contribution in [0.5, 0.6) is 0 Å². The van der Waals surface area contributed by atoms with Gasteiger partial charge >= 0.3 is 0 Å². The summed E-state index contributed by atoms with van der Waals surface area (Å²) in [4.78, 5) is 18.6. The summed E-state index contributed by atoms with van der Waals surface area (Å²) in [5.41, 5.74) is 2.81. The summed E-state index contributed by atoms with van der Waals surface area (Å²) in [6.45, 7) is 1.21. The van der Waals surface area contributed by atoms with E-state index in [9.17, 15) is 4.79 Å². The van der Waals surface area contributed by atoms with Gasteiger partial charge in [-0.25, -0.2) is 4.98 Å². The lowest BCUT2D eigenvalue weighted by atomic mass is 10.1. The third-order valence-corrected chi connectivity index (χ3v) is 5.48. The number of halogens is 2. The monoisotopic (exact) mass is 373 g/mol. The molecule has 0 unspecified atom stereocenters.